The average Bonchev–Trinajstić information content (AvgIpc) is 2.49. The van der Waals surface area contributed by atoms with Crippen LogP contribution in [0.3, 0.4) is 0 Å². The van der Waals surface area contributed by atoms with E-state index in [0.717, 1.165) is 17.1 Å². The lowest BCUT2D eigenvalue weighted by Gasteiger charge is -2.21. The third kappa shape index (κ3) is 3.20. The van der Waals surface area contributed by atoms with E-state index in [-0.39, 0.29) is 18.1 Å². The number of nitrogens with zero attached hydrogens (tertiary/aromatic N) is 2. The van der Waals surface area contributed by atoms with Crippen molar-refractivity contribution in [1.29, 1.82) is 0 Å². The predicted molar refractivity (Wildman–Crippen MR) is 70.4 cm³/mol. The summed E-state index contributed by atoms with van der Waals surface area (Å²) in [6.07, 6.45) is 0.631. The molecule has 6 heteroatoms. The number of rotatable bonds is 2. The number of hydrogen-bond donors (Lipinski definition) is 1. The fourth-order valence-electron chi connectivity index (χ4n) is 2.14. The Morgan fingerprint density at radius 2 is 2.11 bits per heavy atom. The second kappa shape index (κ2) is 5.24. The molecule has 0 bridgehead atoms. The lowest BCUT2D eigenvalue weighted by molar-refractivity contribution is 0.281. The highest BCUT2D eigenvalue weighted by molar-refractivity contribution is 7.91. The average molecular weight is 270 g/mol. The normalized spacial score (nSPS) is 19.6. The molecule has 1 aromatic heterocycles. The Labute approximate surface area is 107 Å². The van der Waals surface area contributed by atoms with Crippen molar-refractivity contribution in [3.8, 4) is 0 Å². The summed E-state index contributed by atoms with van der Waals surface area (Å²) >= 11 is 0. The van der Waals surface area contributed by atoms with E-state index in [2.05, 4.69) is 4.98 Å². The first-order valence-electron chi connectivity index (χ1n) is 6.04. The van der Waals surface area contributed by atoms with Crippen LogP contribution in [0, 0.1) is 6.92 Å². The summed E-state index contributed by atoms with van der Waals surface area (Å²) < 4.78 is 23.1. The third-order valence-electron chi connectivity index (χ3n) is 3.06. The molecular weight excluding hydrogens is 252 g/mol. The van der Waals surface area contributed by atoms with Crippen molar-refractivity contribution in [3.05, 3.63) is 23.4 Å². The van der Waals surface area contributed by atoms with Crippen molar-refractivity contribution in [2.45, 2.75) is 20.0 Å². The maximum atomic E-state index is 11.6. The standard InChI is InChI=1S/C12H18N2O3S/c1-10-7-11(9-15)8-12(13-10)14-3-2-5-18(16,17)6-4-14/h7-8,15H,2-6,9H2,1H3. The van der Waals surface area contributed by atoms with E-state index in [1.54, 1.807) is 0 Å². The molecule has 0 spiro atoms. The van der Waals surface area contributed by atoms with Crippen LogP contribution in [0.25, 0.3) is 0 Å². The molecule has 5 nitrogen and oxygen atoms in total. The Hall–Kier alpha value is -1.14. The number of aromatic nitrogens is 1. The molecule has 1 fully saturated rings. The first kappa shape index (κ1) is 13.3. The predicted octanol–water partition coefficient (Wildman–Crippen LogP) is 0.507. The van der Waals surface area contributed by atoms with E-state index in [0.29, 0.717) is 19.5 Å². The first-order chi connectivity index (χ1) is 8.50. The van der Waals surface area contributed by atoms with Crippen molar-refractivity contribution in [3.63, 3.8) is 0 Å². The second-order valence-electron chi connectivity index (χ2n) is 4.63. The molecule has 18 heavy (non-hydrogen) atoms. The Morgan fingerprint density at radius 1 is 1.33 bits per heavy atom. The molecule has 0 radical (unpaired) electrons. The van der Waals surface area contributed by atoms with E-state index in [4.69, 9.17) is 0 Å². The van der Waals surface area contributed by atoms with Crippen LogP contribution in [0.2, 0.25) is 0 Å². The monoisotopic (exact) mass is 270 g/mol. The minimum Gasteiger partial charge on any atom is -0.392 e. The second-order valence-corrected chi connectivity index (χ2v) is 6.93. The molecule has 1 aliphatic heterocycles. The van der Waals surface area contributed by atoms with E-state index in [1.807, 2.05) is 24.0 Å². The van der Waals surface area contributed by atoms with Gasteiger partial charge < -0.3 is 10.0 Å². The van der Waals surface area contributed by atoms with Crippen molar-refractivity contribution >= 4 is 15.7 Å². The topological polar surface area (TPSA) is 70.5 Å². The number of hydrogen-bond acceptors (Lipinski definition) is 5. The molecular formula is C12H18N2O3S. The Bertz CT molecular complexity index is 528. The highest BCUT2D eigenvalue weighted by atomic mass is 32.2. The molecule has 100 valence electrons. The summed E-state index contributed by atoms with van der Waals surface area (Å²) in [7, 11) is -2.90. The largest absolute Gasteiger partial charge is 0.392 e. The lowest BCUT2D eigenvalue weighted by Crippen LogP contribution is -2.27. The van der Waals surface area contributed by atoms with Crippen LogP contribution >= 0.6 is 0 Å². The van der Waals surface area contributed by atoms with Gasteiger partial charge in [-0.2, -0.15) is 0 Å². The van der Waals surface area contributed by atoms with E-state index in [9.17, 15) is 13.5 Å². The Kier molecular flexibility index (Phi) is 3.87. The van der Waals surface area contributed by atoms with Gasteiger partial charge >= 0.3 is 0 Å². The molecule has 0 atom stereocenters. The molecule has 1 saturated heterocycles. The summed E-state index contributed by atoms with van der Waals surface area (Å²) in [5.74, 6) is 1.19. The van der Waals surface area contributed by atoms with Gasteiger partial charge in [-0.25, -0.2) is 13.4 Å². The van der Waals surface area contributed by atoms with Crippen LogP contribution in [0.1, 0.15) is 17.7 Å². The summed E-state index contributed by atoms with van der Waals surface area (Å²) in [5.41, 5.74) is 1.65. The van der Waals surface area contributed by atoms with Gasteiger partial charge in [0, 0.05) is 18.8 Å². The summed E-state index contributed by atoms with van der Waals surface area (Å²) in [5, 5.41) is 9.18. The van der Waals surface area contributed by atoms with Gasteiger partial charge in [-0.1, -0.05) is 0 Å². The van der Waals surface area contributed by atoms with Crippen LogP contribution in [-0.4, -0.2) is 43.1 Å². The maximum absolute atomic E-state index is 11.6. The van der Waals surface area contributed by atoms with Gasteiger partial charge in [0.05, 0.1) is 18.1 Å². The number of aliphatic hydroxyl groups excluding tert-OH is 1. The van der Waals surface area contributed by atoms with Crippen LogP contribution in [0.4, 0.5) is 5.82 Å². The van der Waals surface area contributed by atoms with Crippen LogP contribution < -0.4 is 4.90 Å². The molecule has 0 aliphatic carbocycles. The minimum absolute atomic E-state index is 0.0253. The molecule has 0 unspecified atom stereocenters. The van der Waals surface area contributed by atoms with Gasteiger partial charge in [0.15, 0.2) is 9.84 Å². The van der Waals surface area contributed by atoms with E-state index in [1.165, 1.54) is 0 Å². The van der Waals surface area contributed by atoms with Gasteiger partial charge in [0.25, 0.3) is 0 Å². The summed E-state index contributed by atoms with van der Waals surface area (Å²) in [6.45, 7) is 3.02. The van der Waals surface area contributed by atoms with Crippen molar-refractivity contribution in [2.75, 3.05) is 29.5 Å². The zero-order valence-corrected chi connectivity index (χ0v) is 11.3. The third-order valence-corrected chi connectivity index (χ3v) is 4.78. The molecule has 1 aliphatic rings. The Balaban J connectivity index is 2.23. The van der Waals surface area contributed by atoms with Gasteiger partial charge in [-0.3, -0.25) is 0 Å². The molecule has 1 N–H and O–H groups in total. The highest BCUT2D eigenvalue weighted by Gasteiger charge is 2.20. The van der Waals surface area contributed by atoms with Crippen LogP contribution in [0.15, 0.2) is 12.1 Å². The lowest BCUT2D eigenvalue weighted by atomic mass is 10.2. The van der Waals surface area contributed by atoms with Crippen molar-refractivity contribution in [1.82, 2.24) is 4.98 Å². The SMILES string of the molecule is Cc1cc(CO)cc(N2CCCS(=O)(=O)CC2)n1. The zero-order chi connectivity index (χ0) is 13.2. The summed E-state index contributed by atoms with van der Waals surface area (Å²) in [6, 6.07) is 3.66. The fourth-order valence-corrected chi connectivity index (χ4v) is 3.41. The van der Waals surface area contributed by atoms with Gasteiger partial charge in [0.1, 0.15) is 5.82 Å². The van der Waals surface area contributed by atoms with E-state index < -0.39 is 9.84 Å². The van der Waals surface area contributed by atoms with Crippen LogP contribution in [-0.2, 0) is 16.4 Å². The van der Waals surface area contributed by atoms with Crippen molar-refractivity contribution < 1.29 is 13.5 Å². The maximum Gasteiger partial charge on any atom is 0.152 e. The molecule has 1 aromatic rings. The molecule has 0 saturated carbocycles. The van der Waals surface area contributed by atoms with Crippen LogP contribution in [0.5, 0.6) is 0 Å². The number of aryl methyl sites for hydroxylation is 1. The van der Waals surface area contributed by atoms with E-state index >= 15 is 0 Å². The number of pyridine rings is 1. The van der Waals surface area contributed by atoms with Gasteiger partial charge in [-0.15, -0.1) is 0 Å². The fraction of sp³-hybridized carbons (Fsp3) is 0.583. The molecule has 0 aromatic carbocycles. The molecule has 0 amide bonds. The number of aliphatic hydroxyl groups is 1. The molecule has 2 rings (SSSR count). The smallest absolute Gasteiger partial charge is 0.152 e. The molecule has 2 heterocycles. The summed E-state index contributed by atoms with van der Waals surface area (Å²) in [4.78, 5) is 6.40. The Morgan fingerprint density at radius 3 is 2.83 bits per heavy atom. The van der Waals surface area contributed by atoms with Crippen molar-refractivity contribution in [2.24, 2.45) is 0 Å². The quantitative estimate of drug-likeness (QED) is 0.847. The van der Waals surface area contributed by atoms with Gasteiger partial charge in [-0.05, 0) is 31.0 Å². The first-order valence-corrected chi connectivity index (χ1v) is 7.86. The number of sulfone groups is 1. The van der Waals surface area contributed by atoms with Gasteiger partial charge in [0.2, 0.25) is 0 Å². The minimum atomic E-state index is -2.90. The number of anilines is 1. The highest BCUT2D eigenvalue weighted by Crippen LogP contribution is 2.17. The zero-order valence-electron chi connectivity index (χ0n) is 10.5.